The molecule has 1 rings (SSSR count). The Balaban J connectivity index is 2.06. The smallest absolute Gasteiger partial charge is 0.305 e. The molecule has 3 N–H and O–H groups in total. The van der Waals surface area contributed by atoms with Gasteiger partial charge in [-0.25, -0.2) is 0 Å². The van der Waals surface area contributed by atoms with Crippen molar-refractivity contribution in [3.8, 4) is 0 Å². The summed E-state index contributed by atoms with van der Waals surface area (Å²) in [7, 11) is 0. The van der Waals surface area contributed by atoms with Gasteiger partial charge in [0, 0.05) is 31.1 Å². The predicted octanol–water partition coefficient (Wildman–Crippen LogP) is 7.39. The number of hydrogen-bond acceptors (Lipinski definition) is 8. The number of ether oxygens (including phenoxy) is 2. The molecule has 1 fully saturated rings. The fourth-order valence-corrected chi connectivity index (χ4v) is 5.99. The van der Waals surface area contributed by atoms with Crippen molar-refractivity contribution in [2.75, 3.05) is 13.2 Å². The first-order chi connectivity index (χ1) is 21.6. The molecule has 1 saturated carbocycles. The lowest BCUT2D eigenvalue weighted by Gasteiger charge is -2.18. The molecule has 45 heavy (non-hydrogen) atoms. The number of carbonyl (C=O) groups is 3. The van der Waals surface area contributed by atoms with Crippen LogP contribution in [0, 0.1) is 17.8 Å². The summed E-state index contributed by atoms with van der Waals surface area (Å²) in [5, 5.41) is 30.5. The first-order valence-corrected chi connectivity index (χ1v) is 18.2. The van der Waals surface area contributed by atoms with Gasteiger partial charge in [-0.15, -0.1) is 0 Å². The molecule has 0 unspecified atom stereocenters. The summed E-state index contributed by atoms with van der Waals surface area (Å²) >= 11 is 0. The molecule has 0 bridgehead atoms. The largest absolute Gasteiger partial charge is 0.463 e. The van der Waals surface area contributed by atoms with E-state index >= 15 is 0 Å². The van der Waals surface area contributed by atoms with E-state index in [2.05, 4.69) is 20.8 Å². The zero-order chi connectivity index (χ0) is 33.3. The maximum absolute atomic E-state index is 12.4. The highest BCUT2D eigenvalue weighted by atomic mass is 16.6. The quantitative estimate of drug-likeness (QED) is 0.0459. The summed E-state index contributed by atoms with van der Waals surface area (Å²) in [6.45, 7) is 6.28. The van der Waals surface area contributed by atoms with Crippen LogP contribution in [0.15, 0.2) is 12.2 Å². The zero-order valence-corrected chi connectivity index (χ0v) is 28.8. The van der Waals surface area contributed by atoms with E-state index in [1.165, 1.54) is 38.5 Å². The highest BCUT2D eigenvalue weighted by molar-refractivity contribution is 5.84. The van der Waals surface area contributed by atoms with E-state index in [1.807, 2.05) is 6.08 Å². The summed E-state index contributed by atoms with van der Waals surface area (Å²) < 4.78 is 10.3. The SMILES string of the molecule is CCCCC[C@H](O)/C=C/[C@H]1[C@H](O)CC(=O)[C@@H]1CCCCCCC(=O)OC[C@H](O)COC(=O)CCCCCCCCCCC(C)C. The van der Waals surface area contributed by atoms with Crippen LogP contribution < -0.4 is 0 Å². The van der Waals surface area contributed by atoms with E-state index in [9.17, 15) is 29.7 Å². The molecule has 0 spiro atoms. The molecular formula is C37H66O8. The van der Waals surface area contributed by atoms with Crippen molar-refractivity contribution < 1.29 is 39.2 Å². The van der Waals surface area contributed by atoms with E-state index in [4.69, 9.17) is 9.47 Å². The third-order valence-electron chi connectivity index (χ3n) is 8.82. The van der Waals surface area contributed by atoms with Crippen molar-refractivity contribution in [3.05, 3.63) is 12.2 Å². The second kappa shape index (κ2) is 26.3. The van der Waals surface area contributed by atoms with Gasteiger partial charge in [0.05, 0.1) is 12.2 Å². The van der Waals surface area contributed by atoms with E-state index in [0.717, 1.165) is 63.7 Å². The number of unbranched alkanes of at least 4 members (excludes halogenated alkanes) is 12. The minimum Gasteiger partial charge on any atom is -0.463 e. The van der Waals surface area contributed by atoms with Gasteiger partial charge in [0.15, 0.2) is 0 Å². The topological polar surface area (TPSA) is 130 Å². The van der Waals surface area contributed by atoms with Gasteiger partial charge in [-0.1, -0.05) is 123 Å². The number of esters is 2. The molecule has 0 saturated heterocycles. The van der Waals surface area contributed by atoms with Gasteiger partial charge in [0.1, 0.15) is 25.1 Å². The highest BCUT2D eigenvalue weighted by Crippen LogP contribution is 2.34. The summed E-state index contributed by atoms with van der Waals surface area (Å²) in [6.07, 6.45) is 20.3. The van der Waals surface area contributed by atoms with Crippen LogP contribution in [0.3, 0.4) is 0 Å². The van der Waals surface area contributed by atoms with Crippen molar-refractivity contribution >= 4 is 17.7 Å². The van der Waals surface area contributed by atoms with Crippen molar-refractivity contribution in [2.45, 2.75) is 174 Å². The number of aliphatic hydroxyl groups excluding tert-OH is 3. The second-order valence-electron chi connectivity index (χ2n) is 13.6. The van der Waals surface area contributed by atoms with Gasteiger partial charge in [0.25, 0.3) is 0 Å². The van der Waals surface area contributed by atoms with Gasteiger partial charge < -0.3 is 24.8 Å². The summed E-state index contributed by atoms with van der Waals surface area (Å²) in [5.74, 6) is -0.319. The lowest BCUT2D eigenvalue weighted by atomic mass is 9.88. The number of rotatable bonds is 28. The van der Waals surface area contributed by atoms with E-state index in [1.54, 1.807) is 6.08 Å². The van der Waals surface area contributed by atoms with Gasteiger partial charge in [0.2, 0.25) is 0 Å². The molecule has 0 radical (unpaired) electrons. The monoisotopic (exact) mass is 638 g/mol. The average molecular weight is 639 g/mol. The van der Waals surface area contributed by atoms with E-state index < -0.39 is 24.3 Å². The van der Waals surface area contributed by atoms with Crippen molar-refractivity contribution in [1.82, 2.24) is 0 Å². The van der Waals surface area contributed by atoms with Crippen LogP contribution in [-0.2, 0) is 23.9 Å². The van der Waals surface area contributed by atoms with Crippen LogP contribution in [0.4, 0.5) is 0 Å². The van der Waals surface area contributed by atoms with Crippen LogP contribution in [0.1, 0.15) is 156 Å². The number of hydrogen-bond donors (Lipinski definition) is 3. The molecular weight excluding hydrogens is 572 g/mol. The molecule has 5 atom stereocenters. The fourth-order valence-electron chi connectivity index (χ4n) is 5.99. The Morgan fingerprint density at radius 2 is 1.29 bits per heavy atom. The van der Waals surface area contributed by atoms with Gasteiger partial charge >= 0.3 is 11.9 Å². The molecule has 8 heteroatoms. The summed E-state index contributed by atoms with van der Waals surface area (Å²) in [6, 6.07) is 0. The number of aliphatic hydroxyl groups is 3. The van der Waals surface area contributed by atoms with E-state index in [-0.39, 0.29) is 49.6 Å². The van der Waals surface area contributed by atoms with E-state index in [0.29, 0.717) is 25.7 Å². The first-order valence-electron chi connectivity index (χ1n) is 18.2. The zero-order valence-electron chi connectivity index (χ0n) is 28.8. The Hall–Kier alpha value is -1.77. The maximum atomic E-state index is 12.4. The lowest BCUT2D eigenvalue weighted by Crippen LogP contribution is -2.25. The normalized spacial score (nSPS) is 19.8. The third kappa shape index (κ3) is 21.6. The molecule has 0 aromatic rings. The Bertz CT molecular complexity index is 810. The molecule has 262 valence electrons. The van der Waals surface area contributed by atoms with Crippen LogP contribution in [0.25, 0.3) is 0 Å². The first kappa shape index (κ1) is 41.3. The lowest BCUT2D eigenvalue weighted by molar-refractivity contribution is -0.152. The molecule has 0 aromatic heterocycles. The van der Waals surface area contributed by atoms with Crippen LogP contribution in [-0.4, -0.2) is 64.6 Å². The molecule has 0 aromatic carbocycles. The highest BCUT2D eigenvalue weighted by Gasteiger charge is 2.39. The number of carbonyl (C=O) groups excluding carboxylic acids is 3. The number of Topliss-reactive ketones (excluding diaryl/α,β-unsaturated/α-hetero) is 1. The van der Waals surface area contributed by atoms with Gasteiger partial charge in [-0.05, 0) is 31.6 Å². The molecule has 0 amide bonds. The predicted molar refractivity (Wildman–Crippen MR) is 179 cm³/mol. The molecule has 1 aliphatic carbocycles. The maximum Gasteiger partial charge on any atom is 0.305 e. The van der Waals surface area contributed by atoms with Crippen LogP contribution in [0.2, 0.25) is 0 Å². The summed E-state index contributed by atoms with van der Waals surface area (Å²) in [4.78, 5) is 36.4. The molecule has 1 aliphatic rings. The Morgan fingerprint density at radius 1 is 0.778 bits per heavy atom. The number of ketones is 1. The van der Waals surface area contributed by atoms with Crippen LogP contribution >= 0.6 is 0 Å². The van der Waals surface area contributed by atoms with Crippen LogP contribution in [0.5, 0.6) is 0 Å². The third-order valence-corrected chi connectivity index (χ3v) is 8.82. The Morgan fingerprint density at radius 3 is 1.84 bits per heavy atom. The molecule has 8 nitrogen and oxygen atoms in total. The molecule has 0 aliphatic heterocycles. The Kier molecular flexibility index (Phi) is 24.1. The Labute approximate surface area is 273 Å². The minimum absolute atomic E-state index is 0.0824. The standard InChI is InChI=1S/C37H66O8/c1-4-5-14-20-30(38)24-25-33-32(34(40)26-35(33)41)21-16-12-13-18-23-37(43)45-28-31(39)27-44-36(42)22-17-11-9-7-6-8-10-15-19-29(2)3/h24-25,29-33,35,38-39,41H,4-23,26-28H2,1-3H3/b25-24+/t30-,31+,32+,33+,35+/m0/s1. The fraction of sp³-hybridized carbons (Fsp3) is 0.865. The minimum atomic E-state index is -1.03. The second-order valence-corrected chi connectivity index (χ2v) is 13.6. The van der Waals surface area contributed by atoms with Crippen molar-refractivity contribution in [1.29, 1.82) is 0 Å². The molecule has 0 heterocycles. The summed E-state index contributed by atoms with van der Waals surface area (Å²) in [5.41, 5.74) is 0. The van der Waals surface area contributed by atoms with Gasteiger partial charge in [-0.2, -0.15) is 0 Å². The van der Waals surface area contributed by atoms with Crippen molar-refractivity contribution in [2.24, 2.45) is 17.8 Å². The van der Waals surface area contributed by atoms with Crippen molar-refractivity contribution in [3.63, 3.8) is 0 Å². The van der Waals surface area contributed by atoms with Gasteiger partial charge in [-0.3, -0.25) is 14.4 Å². The average Bonchev–Trinajstić information content (AvgIpc) is 3.27.